The van der Waals surface area contributed by atoms with Crippen LogP contribution in [0.2, 0.25) is 0 Å². The molecule has 1 aromatic heterocycles. The Bertz CT molecular complexity index is 1040. The lowest BCUT2D eigenvalue weighted by Gasteiger charge is -2.18. The molecule has 0 bridgehead atoms. The van der Waals surface area contributed by atoms with E-state index in [2.05, 4.69) is 53.7 Å². The highest BCUT2D eigenvalue weighted by molar-refractivity contribution is 7.99. The van der Waals surface area contributed by atoms with Crippen LogP contribution < -0.4 is 10.6 Å². The molecular weight excluding hydrogens is 400 g/mol. The number of anilines is 2. The van der Waals surface area contributed by atoms with Gasteiger partial charge < -0.3 is 15.1 Å². The second-order valence-electron chi connectivity index (χ2n) is 7.80. The molecule has 156 valence electrons. The summed E-state index contributed by atoms with van der Waals surface area (Å²) in [5.74, 6) is 0.152. The van der Waals surface area contributed by atoms with Crippen LogP contribution in [-0.4, -0.2) is 27.8 Å². The molecule has 0 aliphatic heterocycles. The van der Waals surface area contributed by atoms with Crippen molar-refractivity contribution in [1.82, 2.24) is 10.2 Å². The van der Waals surface area contributed by atoms with Crippen LogP contribution in [0.5, 0.6) is 0 Å². The van der Waals surface area contributed by atoms with Gasteiger partial charge in [0.25, 0.3) is 5.22 Å². The maximum Gasteiger partial charge on any atom is 0.277 e. The SMILES string of the molecule is CC(=O)Nc1cccc(NC(=O)CSc2nnc(-c3ccc(C(C)(C)C)cc3)o2)c1. The van der Waals surface area contributed by atoms with Gasteiger partial charge in [-0.2, -0.15) is 0 Å². The Hall–Kier alpha value is -3.13. The minimum atomic E-state index is -0.214. The van der Waals surface area contributed by atoms with Crippen LogP contribution in [0.3, 0.4) is 0 Å². The van der Waals surface area contributed by atoms with E-state index in [-0.39, 0.29) is 23.0 Å². The molecule has 3 rings (SSSR count). The van der Waals surface area contributed by atoms with Gasteiger partial charge in [0.15, 0.2) is 0 Å². The fourth-order valence-electron chi connectivity index (χ4n) is 2.70. The first kappa shape index (κ1) is 21.6. The van der Waals surface area contributed by atoms with Crippen LogP contribution in [0.25, 0.3) is 11.5 Å². The Labute approximate surface area is 179 Å². The maximum absolute atomic E-state index is 12.2. The summed E-state index contributed by atoms with van der Waals surface area (Å²) in [4.78, 5) is 23.4. The molecule has 0 saturated heterocycles. The van der Waals surface area contributed by atoms with E-state index in [9.17, 15) is 9.59 Å². The lowest BCUT2D eigenvalue weighted by atomic mass is 9.87. The van der Waals surface area contributed by atoms with E-state index in [0.29, 0.717) is 22.5 Å². The monoisotopic (exact) mass is 424 g/mol. The predicted molar refractivity (Wildman–Crippen MR) is 119 cm³/mol. The average Bonchev–Trinajstić information content (AvgIpc) is 3.15. The quantitative estimate of drug-likeness (QED) is 0.556. The lowest BCUT2D eigenvalue weighted by Crippen LogP contribution is -2.14. The van der Waals surface area contributed by atoms with Crippen molar-refractivity contribution in [1.29, 1.82) is 0 Å². The number of carbonyl (C=O) groups is 2. The first-order chi connectivity index (χ1) is 14.2. The smallest absolute Gasteiger partial charge is 0.277 e. The fraction of sp³-hybridized carbons (Fsp3) is 0.273. The Morgan fingerprint density at radius 3 is 2.30 bits per heavy atom. The molecule has 2 N–H and O–H groups in total. The first-order valence-corrected chi connectivity index (χ1v) is 10.4. The Balaban J connectivity index is 1.56. The summed E-state index contributed by atoms with van der Waals surface area (Å²) in [5, 5.41) is 13.9. The van der Waals surface area contributed by atoms with Crippen molar-refractivity contribution in [2.24, 2.45) is 0 Å². The molecule has 3 aromatic rings. The summed E-state index contributed by atoms with van der Waals surface area (Å²) in [6.07, 6.45) is 0. The second kappa shape index (κ2) is 9.13. The van der Waals surface area contributed by atoms with Gasteiger partial charge in [0, 0.05) is 23.9 Å². The Kier molecular flexibility index (Phi) is 6.56. The van der Waals surface area contributed by atoms with Crippen LogP contribution in [0.1, 0.15) is 33.3 Å². The van der Waals surface area contributed by atoms with Crippen molar-refractivity contribution >= 4 is 35.0 Å². The number of aromatic nitrogens is 2. The minimum Gasteiger partial charge on any atom is -0.411 e. The van der Waals surface area contributed by atoms with E-state index in [1.807, 2.05) is 12.1 Å². The number of rotatable bonds is 6. The van der Waals surface area contributed by atoms with Crippen molar-refractivity contribution < 1.29 is 14.0 Å². The van der Waals surface area contributed by atoms with E-state index in [0.717, 1.165) is 17.3 Å². The van der Waals surface area contributed by atoms with Gasteiger partial charge in [-0.25, -0.2) is 0 Å². The average molecular weight is 425 g/mol. The summed E-state index contributed by atoms with van der Waals surface area (Å²) in [5.41, 5.74) is 3.34. The van der Waals surface area contributed by atoms with Crippen LogP contribution >= 0.6 is 11.8 Å². The van der Waals surface area contributed by atoms with Crippen molar-refractivity contribution in [3.05, 3.63) is 54.1 Å². The van der Waals surface area contributed by atoms with E-state index < -0.39 is 0 Å². The highest BCUT2D eigenvalue weighted by atomic mass is 32.2. The zero-order valence-electron chi connectivity index (χ0n) is 17.4. The van der Waals surface area contributed by atoms with E-state index in [4.69, 9.17) is 4.42 Å². The molecule has 0 aliphatic rings. The third-order valence-electron chi connectivity index (χ3n) is 4.20. The third kappa shape index (κ3) is 5.93. The molecule has 0 saturated carbocycles. The van der Waals surface area contributed by atoms with Gasteiger partial charge in [-0.15, -0.1) is 10.2 Å². The Morgan fingerprint density at radius 2 is 1.67 bits per heavy atom. The van der Waals surface area contributed by atoms with E-state index >= 15 is 0 Å². The molecule has 0 radical (unpaired) electrons. The number of nitrogens with zero attached hydrogens (tertiary/aromatic N) is 2. The van der Waals surface area contributed by atoms with Crippen molar-refractivity contribution in [3.8, 4) is 11.5 Å². The molecule has 2 aromatic carbocycles. The standard InChI is InChI=1S/C22H24N4O3S/c1-14(27)23-17-6-5-7-18(12-17)24-19(28)13-30-21-26-25-20(29-21)15-8-10-16(11-9-15)22(2,3)4/h5-12H,13H2,1-4H3,(H,23,27)(H,24,28). The van der Waals surface area contributed by atoms with Gasteiger partial charge in [0.05, 0.1) is 5.75 Å². The van der Waals surface area contributed by atoms with E-state index in [1.54, 1.807) is 24.3 Å². The number of thioether (sulfide) groups is 1. The predicted octanol–water partition coefficient (Wildman–Crippen LogP) is 4.72. The highest BCUT2D eigenvalue weighted by Crippen LogP contribution is 2.27. The molecule has 0 fully saturated rings. The molecule has 7 nitrogen and oxygen atoms in total. The largest absolute Gasteiger partial charge is 0.411 e. The number of carbonyl (C=O) groups excluding carboxylic acids is 2. The number of hydrogen-bond donors (Lipinski definition) is 2. The van der Waals surface area contributed by atoms with Gasteiger partial charge in [0.1, 0.15) is 0 Å². The molecule has 0 spiro atoms. The van der Waals surface area contributed by atoms with Crippen LogP contribution in [0.15, 0.2) is 58.2 Å². The van der Waals surface area contributed by atoms with Crippen molar-refractivity contribution in [2.45, 2.75) is 38.3 Å². The molecule has 8 heteroatoms. The molecule has 30 heavy (non-hydrogen) atoms. The van der Waals surface area contributed by atoms with Gasteiger partial charge >= 0.3 is 0 Å². The number of nitrogens with one attached hydrogen (secondary N) is 2. The highest BCUT2D eigenvalue weighted by Gasteiger charge is 2.15. The van der Waals surface area contributed by atoms with Gasteiger partial charge in [0.2, 0.25) is 17.7 Å². The molecule has 2 amide bonds. The summed E-state index contributed by atoms with van der Waals surface area (Å²) < 4.78 is 5.67. The third-order valence-corrected chi connectivity index (χ3v) is 5.02. The number of hydrogen-bond acceptors (Lipinski definition) is 6. The topological polar surface area (TPSA) is 97.1 Å². The first-order valence-electron chi connectivity index (χ1n) is 9.45. The molecule has 1 heterocycles. The van der Waals surface area contributed by atoms with Gasteiger partial charge in [-0.05, 0) is 41.3 Å². The van der Waals surface area contributed by atoms with Crippen molar-refractivity contribution in [2.75, 3.05) is 16.4 Å². The van der Waals surface area contributed by atoms with Crippen LogP contribution in [0.4, 0.5) is 11.4 Å². The Morgan fingerprint density at radius 1 is 1.00 bits per heavy atom. The van der Waals surface area contributed by atoms with Gasteiger partial charge in [-0.3, -0.25) is 9.59 Å². The van der Waals surface area contributed by atoms with E-state index in [1.165, 1.54) is 12.5 Å². The maximum atomic E-state index is 12.2. The zero-order chi connectivity index (χ0) is 21.7. The molecular formula is C22H24N4O3S. The summed E-state index contributed by atoms with van der Waals surface area (Å²) in [6.45, 7) is 7.90. The van der Waals surface area contributed by atoms with Gasteiger partial charge in [-0.1, -0.05) is 50.7 Å². The molecule has 0 aliphatic carbocycles. The molecule has 0 unspecified atom stereocenters. The normalized spacial score (nSPS) is 11.2. The molecule has 0 atom stereocenters. The number of amides is 2. The summed E-state index contributed by atoms with van der Waals surface area (Å²) >= 11 is 1.16. The zero-order valence-corrected chi connectivity index (χ0v) is 18.2. The van der Waals surface area contributed by atoms with Crippen LogP contribution in [0, 0.1) is 0 Å². The summed E-state index contributed by atoms with van der Waals surface area (Å²) in [7, 11) is 0. The van der Waals surface area contributed by atoms with Crippen molar-refractivity contribution in [3.63, 3.8) is 0 Å². The lowest BCUT2D eigenvalue weighted by molar-refractivity contribution is -0.114. The fourth-order valence-corrected chi connectivity index (χ4v) is 3.26. The number of benzene rings is 2. The van der Waals surface area contributed by atoms with Crippen LogP contribution in [-0.2, 0) is 15.0 Å². The summed E-state index contributed by atoms with van der Waals surface area (Å²) in [6, 6.07) is 15.0. The second-order valence-corrected chi connectivity index (χ2v) is 8.73. The minimum absolute atomic E-state index is 0.0728.